The number of carbonyl (C=O) groups is 1. The Morgan fingerprint density at radius 2 is 2.12 bits per heavy atom. The number of allylic oxidation sites excluding steroid dienone is 1. The number of aromatic amines is 1. The fourth-order valence-corrected chi connectivity index (χ4v) is 2.87. The van der Waals surface area contributed by atoms with Crippen LogP contribution in [0.4, 0.5) is 5.69 Å². The standard InChI is InChI=1S/C20H17N3O2/c1-12-5-6-16(13(2)8-12)23-19-10-17(24)18(25-19)9-14-11-22-20-15(14)4-3-7-21-20/h3-11,23H,1-2H3,(H,21,22). The number of benzene rings is 1. The van der Waals surface area contributed by atoms with Gasteiger partial charge in [-0.25, -0.2) is 4.98 Å². The van der Waals surface area contributed by atoms with Gasteiger partial charge in [0.25, 0.3) is 0 Å². The van der Waals surface area contributed by atoms with Gasteiger partial charge in [0.1, 0.15) is 5.65 Å². The van der Waals surface area contributed by atoms with Crippen molar-refractivity contribution in [1.82, 2.24) is 9.97 Å². The Kier molecular flexibility index (Phi) is 3.61. The van der Waals surface area contributed by atoms with E-state index in [1.54, 1.807) is 12.3 Å². The molecule has 124 valence electrons. The van der Waals surface area contributed by atoms with Crippen LogP contribution >= 0.6 is 0 Å². The minimum absolute atomic E-state index is 0.162. The molecule has 0 radical (unpaired) electrons. The molecule has 0 bridgehead atoms. The third kappa shape index (κ3) is 2.92. The second kappa shape index (κ2) is 5.94. The van der Waals surface area contributed by atoms with Crippen molar-refractivity contribution < 1.29 is 9.53 Å². The van der Waals surface area contributed by atoms with Gasteiger partial charge in [-0.1, -0.05) is 17.7 Å². The molecule has 2 N–H and O–H groups in total. The van der Waals surface area contributed by atoms with Crippen LogP contribution in [0.15, 0.2) is 60.4 Å². The van der Waals surface area contributed by atoms with Crippen molar-refractivity contribution in [2.75, 3.05) is 5.32 Å². The van der Waals surface area contributed by atoms with E-state index in [1.807, 2.05) is 44.3 Å². The zero-order chi connectivity index (χ0) is 17.4. The van der Waals surface area contributed by atoms with Gasteiger partial charge in [-0.2, -0.15) is 0 Å². The van der Waals surface area contributed by atoms with Gasteiger partial charge in [0.15, 0.2) is 5.76 Å². The molecule has 3 heterocycles. The number of nitrogens with zero attached hydrogens (tertiary/aromatic N) is 1. The van der Waals surface area contributed by atoms with Crippen LogP contribution in [0, 0.1) is 13.8 Å². The van der Waals surface area contributed by atoms with Crippen molar-refractivity contribution in [2.45, 2.75) is 13.8 Å². The molecule has 0 saturated heterocycles. The van der Waals surface area contributed by atoms with Crippen LogP contribution in [0.25, 0.3) is 17.1 Å². The summed E-state index contributed by atoms with van der Waals surface area (Å²) in [6.07, 6.45) is 6.74. The number of aromatic nitrogens is 2. The van der Waals surface area contributed by atoms with Crippen molar-refractivity contribution in [3.05, 3.63) is 77.1 Å². The lowest BCUT2D eigenvalue weighted by atomic mass is 10.1. The molecule has 3 aromatic rings. The number of aryl methyl sites for hydroxylation is 2. The maximum absolute atomic E-state index is 12.2. The Hall–Kier alpha value is -3.34. The molecule has 4 rings (SSSR count). The van der Waals surface area contributed by atoms with Gasteiger partial charge in [-0.05, 0) is 43.7 Å². The summed E-state index contributed by atoms with van der Waals surface area (Å²) in [5.74, 6) is 0.559. The molecule has 1 aromatic carbocycles. The molecular weight excluding hydrogens is 314 g/mol. The maximum atomic E-state index is 12.2. The van der Waals surface area contributed by atoms with Crippen molar-refractivity contribution in [3.8, 4) is 0 Å². The SMILES string of the molecule is Cc1ccc(NC2=CC(=O)C(=Cc3c[nH]c4ncccc34)O2)c(C)c1. The molecule has 5 nitrogen and oxygen atoms in total. The van der Waals surface area contributed by atoms with E-state index in [-0.39, 0.29) is 11.5 Å². The highest BCUT2D eigenvalue weighted by Crippen LogP contribution is 2.26. The van der Waals surface area contributed by atoms with Gasteiger partial charge >= 0.3 is 0 Å². The molecule has 1 aliphatic heterocycles. The molecule has 0 amide bonds. The Morgan fingerprint density at radius 1 is 1.24 bits per heavy atom. The smallest absolute Gasteiger partial charge is 0.226 e. The Bertz CT molecular complexity index is 1040. The predicted molar refractivity (Wildman–Crippen MR) is 97.8 cm³/mol. The van der Waals surface area contributed by atoms with Crippen LogP contribution in [0.3, 0.4) is 0 Å². The first kappa shape index (κ1) is 15.2. The van der Waals surface area contributed by atoms with E-state index >= 15 is 0 Å². The first-order valence-corrected chi connectivity index (χ1v) is 8.02. The topological polar surface area (TPSA) is 67.0 Å². The minimum atomic E-state index is -0.162. The van der Waals surface area contributed by atoms with Crippen LogP contribution in [0.2, 0.25) is 0 Å². The number of carbonyl (C=O) groups excluding carboxylic acids is 1. The van der Waals surface area contributed by atoms with Gasteiger partial charge in [0.05, 0.1) is 6.08 Å². The molecule has 1 aliphatic rings. The van der Waals surface area contributed by atoms with Gasteiger partial charge in [-0.3, -0.25) is 4.79 Å². The van der Waals surface area contributed by atoms with Crippen molar-refractivity contribution in [3.63, 3.8) is 0 Å². The molecule has 0 aliphatic carbocycles. The summed E-state index contributed by atoms with van der Waals surface area (Å²) in [4.78, 5) is 19.6. The van der Waals surface area contributed by atoms with Gasteiger partial charge in [0, 0.05) is 29.0 Å². The summed E-state index contributed by atoms with van der Waals surface area (Å²) < 4.78 is 5.71. The number of ketones is 1. The van der Waals surface area contributed by atoms with Gasteiger partial charge in [0.2, 0.25) is 11.7 Å². The van der Waals surface area contributed by atoms with E-state index in [9.17, 15) is 4.79 Å². The van der Waals surface area contributed by atoms with Crippen LogP contribution < -0.4 is 5.32 Å². The minimum Gasteiger partial charge on any atom is -0.437 e. The lowest BCUT2D eigenvalue weighted by Gasteiger charge is -2.10. The predicted octanol–water partition coefficient (Wildman–Crippen LogP) is 4.07. The number of nitrogens with one attached hydrogen (secondary N) is 2. The third-order valence-corrected chi connectivity index (χ3v) is 4.13. The number of rotatable bonds is 3. The summed E-state index contributed by atoms with van der Waals surface area (Å²) in [7, 11) is 0. The number of ether oxygens (including phenoxy) is 1. The second-order valence-corrected chi connectivity index (χ2v) is 6.07. The Balaban J connectivity index is 1.58. The average molecular weight is 331 g/mol. The lowest BCUT2D eigenvalue weighted by Crippen LogP contribution is -2.01. The molecule has 0 unspecified atom stereocenters. The number of anilines is 1. The van der Waals surface area contributed by atoms with E-state index < -0.39 is 0 Å². The number of hydrogen-bond acceptors (Lipinski definition) is 4. The van der Waals surface area contributed by atoms with E-state index in [4.69, 9.17) is 4.74 Å². The first-order valence-electron chi connectivity index (χ1n) is 8.02. The monoisotopic (exact) mass is 331 g/mol. The highest BCUT2D eigenvalue weighted by atomic mass is 16.5. The molecule has 0 fully saturated rings. The molecule has 0 saturated carbocycles. The highest BCUT2D eigenvalue weighted by molar-refractivity contribution is 6.09. The summed E-state index contributed by atoms with van der Waals surface area (Å²) in [5, 5.41) is 4.12. The summed E-state index contributed by atoms with van der Waals surface area (Å²) in [6.45, 7) is 4.06. The number of fused-ring (bicyclic) bond motifs is 1. The van der Waals surface area contributed by atoms with Crippen molar-refractivity contribution >= 4 is 28.6 Å². The maximum Gasteiger partial charge on any atom is 0.226 e. The number of pyridine rings is 1. The molecule has 25 heavy (non-hydrogen) atoms. The normalized spacial score (nSPS) is 15.5. The van der Waals surface area contributed by atoms with Crippen LogP contribution in [0.1, 0.15) is 16.7 Å². The molecule has 0 spiro atoms. The first-order chi connectivity index (χ1) is 12.1. The fourth-order valence-electron chi connectivity index (χ4n) is 2.87. The fraction of sp³-hybridized carbons (Fsp3) is 0.100. The third-order valence-electron chi connectivity index (χ3n) is 4.13. The van der Waals surface area contributed by atoms with E-state index in [2.05, 4.69) is 21.4 Å². The second-order valence-electron chi connectivity index (χ2n) is 6.07. The van der Waals surface area contributed by atoms with Gasteiger partial charge < -0.3 is 15.0 Å². The van der Waals surface area contributed by atoms with E-state index in [1.165, 1.54) is 11.6 Å². The average Bonchev–Trinajstić information content (AvgIpc) is 3.15. The molecule has 0 atom stereocenters. The lowest BCUT2D eigenvalue weighted by molar-refractivity contribution is -0.112. The van der Waals surface area contributed by atoms with Crippen molar-refractivity contribution in [1.29, 1.82) is 0 Å². The summed E-state index contributed by atoms with van der Waals surface area (Å²) >= 11 is 0. The van der Waals surface area contributed by atoms with Crippen molar-refractivity contribution in [2.24, 2.45) is 0 Å². The Labute approximate surface area is 145 Å². The van der Waals surface area contributed by atoms with Crippen LogP contribution in [-0.4, -0.2) is 15.8 Å². The Morgan fingerprint density at radius 3 is 2.96 bits per heavy atom. The largest absolute Gasteiger partial charge is 0.437 e. The van der Waals surface area contributed by atoms with E-state index in [0.717, 1.165) is 27.8 Å². The summed E-state index contributed by atoms with van der Waals surface area (Å²) in [5.41, 5.74) is 4.85. The molecule has 2 aromatic heterocycles. The summed E-state index contributed by atoms with van der Waals surface area (Å²) in [6, 6.07) is 9.89. The highest BCUT2D eigenvalue weighted by Gasteiger charge is 2.21. The number of H-pyrrole nitrogens is 1. The van der Waals surface area contributed by atoms with E-state index in [0.29, 0.717) is 5.88 Å². The molecule has 5 heteroatoms. The quantitative estimate of drug-likeness (QED) is 0.710. The van der Waals surface area contributed by atoms with Gasteiger partial charge in [-0.15, -0.1) is 0 Å². The zero-order valence-electron chi connectivity index (χ0n) is 14.0. The zero-order valence-corrected chi connectivity index (χ0v) is 14.0. The van der Waals surface area contributed by atoms with Crippen LogP contribution in [-0.2, 0) is 9.53 Å². The number of hydrogen-bond donors (Lipinski definition) is 2. The molecular formula is C20H17N3O2. The van der Waals surface area contributed by atoms with Crippen LogP contribution in [0.5, 0.6) is 0 Å².